The average Bonchev–Trinajstić information content (AvgIpc) is 3.15. The zero-order chi connectivity index (χ0) is 19.0. The molecule has 0 saturated heterocycles. The number of nitrogens with zero attached hydrogens (tertiary/aromatic N) is 1. The number of rotatable bonds is 4. The lowest BCUT2D eigenvalue weighted by atomic mass is 10.0. The van der Waals surface area contributed by atoms with Gasteiger partial charge in [-0.1, -0.05) is 12.1 Å². The first kappa shape index (κ1) is 17.2. The third kappa shape index (κ3) is 3.41. The first-order valence-electron chi connectivity index (χ1n) is 8.06. The molecule has 4 rings (SSSR count). The fourth-order valence-electron chi connectivity index (χ4n) is 2.89. The van der Waals surface area contributed by atoms with Crippen LogP contribution in [0.3, 0.4) is 0 Å². The number of halogens is 1. The Balaban J connectivity index is 1.67. The highest BCUT2D eigenvalue weighted by Gasteiger charge is 2.24. The van der Waals surface area contributed by atoms with Crippen LogP contribution in [-0.2, 0) is 21.2 Å². The normalized spacial score (nSPS) is 13.7. The van der Waals surface area contributed by atoms with Gasteiger partial charge in [-0.05, 0) is 36.2 Å². The molecule has 0 saturated carbocycles. The largest absolute Gasteiger partial charge is 0.444 e. The fourth-order valence-corrected chi connectivity index (χ4v) is 4.05. The highest BCUT2D eigenvalue weighted by Crippen LogP contribution is 2.30. The summed E-state index contributed by atoms with van der Waals surface area (Å²) in [5, 5.41) is 2.54. The van der Waals surface area contributed by atoms with Gasteiger partial charge in [0.2, 0.25) is 5.91 Å². The fraction of sp³-hybridized carbons (Fsp3) is 0.111. The standard InChI is InChI=1S/C18H14FN3O4S/c19-14-8-15-11(4-5-18(23)21-15)7-17(14)27(24,25)22-13-3-1-2-12(6-13)16-9-20-10-26-16/h1-3,6-10,22H,4-5H2,(H,21,23). The van der Waals surface area contributed by atoms with E-state index in [1.54, 1.807) is 24.3 Å². The van der Waals surface area contributed by atoms with Gasteiger partial charge in [-0.15, -0.1) is 0 Å². The molecule has 1 aromatic heterocycles. The Kier molecular flexibility index (Phi) is 4.15. The van der Waals surface area contributed by atoms with Crippen molar-refractivity contribution in [1.82, 2.24) is 4.98 Å². The average molecular weight is 387 g/mol. The second-order valence-corrected chi connectivity index (χ2v) is 7.69. The summed E-state index contributed by atoms with van der Waals surface area (Å²) in [6.07, 6.45) is 3.36. The number of sulfonamides is 1. The predicted molar refractivity (Wildman–Crippen MR) is 96.1 cm³/mol. The number of hydrogen-bond acceptors (Lipinski definition) is 5. The first-order chi connectivity index (χ1) is 12.9. The Labute approximate surface area is 154 Å². The van der Waals surface area contributed by atoms with Crippen LogP contribution in [-0.4, -0.2) is 19.3 Å². The number of fused-ring (bicyclic) bond motifs is 1. The molecular weight excluding hydrogens is 373 g/mol. The Morgan fingerprint density at radius 1 is 1.19 bits per heavy atom. The summed E-state index contributed by atoms with van der Waals surface area (Å²) in [5.41, 5.74) is 1.76. The molecule has 1 amide bonds. The predicted octanol–water partition coefficient (Wildman–Crippen LogP) is 3.17. The molecule has 2 heterocycles. The molecule has 0 aliphatic carbocycles. The lowest BCUT2D eigenvalue weighted by Gasteiger charge is -2.18. The van der Waals surface area contributed by atoms with Gasteiger partial charge in [-0.25, -0.2) is 17.8 Å². The zero-order valence-corrected chi connectivity index (χ0v) is 14.7. The van der Waals surface area contributed by atoms with Gasteiger partial charge in [-0.3, -0.25) is 9.52 Å². The molecule has 7 nitrogen and oxygen atoms in total. The van der Waals surface area contributed by atoms with Crippen molar-refractivity contribution in [2.45, 2.75) is 17.7 Å². The molecule has 1 aliphatic rings. The van der Waals surface area contributed by atoms with E-state index in [0.29, 0.717) is 29.0 Å². The number of oxazole rings is 1. The van der Waals surface area contributed by atoms with Gasteiger partial charge >= 0.3 is 0 Å². The SMILES string of the molecule is O=C1CCc2cc(S(=O)(=O)Nc3cccc(-c4cnco4)c3)c(F)cc2N1. The van der Waals surface area contributed by atoms with Gasteiger partial charge in [0.25, 0.3) is 10.0 Å². The molecule has 138 valence electrons. The van der Waals surface area contributed by atoms with Crippen LogP contribution in [0.2, 0.25) is 0 Å². The molecule has 0 unspecified atom stereocenters. The summed E-state index contributed by atoms with van der Waals surface area (Å²) in [5.74, 6) is -0.679. The van der Waals surface area contributed by atoms with Gasteiger partial charge in [0.1, 0.15) is 10.7 Å². The lowest BCUT2D eigenvalue weighted by Crippen LogP contribution is -2.21. The Morgan fingerprint density at radius 2 is 2.04 bits per heavy atom. The van der Waals surface area contributed by atoms with E-state index in [1.807, 2.05) is 0 Å². The van der Waals surface area contributed by atoms with Crippen molar-refractivity contribution < 1.29 is 22.0 Å². The maximum atomic E-state index is 14.4. The lowest BCUT2D eigenvalue weighted by molar-refractivity contribution is -0.116. The molecule has 3 aromatic rings. The van der Waals surface area contributed by atoms with Crippen LogP contribution in [0.15, 0.2) is 58.3 Å². The number of carbonyl (C=O) groups excluding carboxylic acids is 1. The topological polar surface area (TPSA) is 101 Å². The monoisotopic (exact) mass is 387 g/mol. The van der Waals surface area contributed by atoms with Crippen LogP contribution >= 0.6 is 0 Å². The van der Waals surface area contributed by atoms with Crippen LogP contribution in [0.5, 0.6) is 0 Å². The summed E-state index contributed by atoms with van der Waals surface area (Å²) in [4.78, 5) is 14.8. The van der Waals surface area contributed by atoms with E-state index in [1.165, 1.54) is 18.7 Å². The van der Waals surface area contributed by atoms with Crippen molar-refractivity contribution in [2.24, 2.45) is 0 Å². The zero-order valence-electron chi connectivity index (χ0n) is 13.9. The van der Waals surface area contributed by atoms with Gasteiger partial charge in [0.05, 0.1) is 6.20 Å². The van der Waals surface area contributed by atoms with Crippen LogP contribution < -0.4 is 10.0 Å². The van der Waals surface area contributed by atoms with E-state index in [0.717, 1.165) is 6.07 Å². The minimum atomic E-state index is -4.16. The van der Waals surface area contributed by atoms with E-state index >= 15 is 0 Å². The summed E-state index contributed by atoms with van der Waals surface area (Å²) in [6, 6.07) is 8.79. The summed E-state index contributed by atoms with van der Waals surface area (Å²) >= 11 is 0. The number of benzene rings is 2. The molecule has 0 atom stereocenters. The maximum Gasteiger partial charge on any atom is 0.264 e. The van der Waals surface area contributed by atoms with E-state index in [-0.39, 0.29) is 18.0 Å². The Hall–Kier alpha value is -3.20. The smallest absolute Gasteiger partial charge is 0.264 e. The van der Waals surface area contributed by atoms with Crippen molar-refractivity contribution in [3.05, 3.63) is 60.4 Å². The molecule has 0 bridgehead atoms. The van der Waals surface area contributed by atoms with Crippen LogP contribution in [0.1, 0.15) is 12.0 Å². The van der Waals surface area contributed by atoms with Crippen LogP contribution in [0.4, 0.5) is 15.8 Å². The molecule has 0 fully saturated rings. The molecular formula is C18H14FN3O4S. The van der Waals surface area contributed by atoms with Gasteiger partial charge in [0, 0.05) is 23.4 Å². The minimum Gasteiger partial charge on any atom is -0.444 e. The third-order valence-corrected chi connectivity index (χ3v) is 5.57. The Morgan fingerprint density at radius 3 is 2.81 bits per heavy atom. The molecule has 0 spiro atoms. The maximum absolute atomic E-state index is 14.4. The molecule has 9 heteroatoms. The molecule has 27 heavy (non-hydrogen) atoms. The second-order valence-electron chi connectivity index (χ2n) is 6.04. The molecule has 1 aliphatic heterocycles. The number of aromatic nitrogens is 1. The summed E-state index contributed by atoms with van der Waals surface area (Å²) in [7, 11) is -4.16. The highest BCUT2D eigenvalue weighted by molar-refractivity contribution is 7.92. The van der Waals surface area contributed by atoms with E-state index in [9.17, 15) is 17.6 Å². The van der Waals surface area contributed by atoms with Crippen molar-refractivity contribution in [1.29, 1.82) is 0 Å². The van der Waals surface area contributed by atoms with E-state index in [4.69, 9.17) is 4.42 Å². The number of nitrogens with one attached hydrogen (secondary N) is 2. The van der Waals surface area contributed by atoms with Crippen molar-refractivity contribution in [3.8, 4) is 11.3 Å². The summed E-state index contributed by atoms with van der Waals surface area (Å²) in [6.45, 7) is 0. The first-order valence-corrected chi connectivity index (χ1v) is 9.55. The Bertz CT molecular complexity index is 1130. The number of aryl methyl sites for hydroxylation is 1. The van der Waals surface area contributed by atoms with Gasteiger partial charge < -0.3 is 9.73 Å². The quantitative estimate of drug-likeness (QED) is 0.716. The number of hydrogen-bond donors (Lipinski definition) is 2. The van der Waals surface area contributed by atoms with Crippen molar-refractivity contribution in [2.75, 3.05) is 10.0 Å². The van der Waals surface area contributed by atoms with Gasteiger partial charge in [0.15, 0.2) is 12.2 Å². The van der Waals surface area contributed by atoms with Gasteiger partial charge in [-0.2, -0.15) is 0 Å². The number of carbonyl (C=O) groups is 1. The second kappa shape index (κ2) is 6.51. The van der Waals surface area contributed by atoms with Crippen LogP contribution in [0.25, 0.3) is 11.3 Å². The third-order valence-electron chi connectivity index (χ3n) is 4.17. The molecule has 2 N–H and O–H groups in total. The molecule has 0 radical (unpaired) electrons. The highest BCUT2D eigenvalue weighted by atomic mass is 32.2. The number of anilines is 2. The van der Waals surface area contributed by atoms with E-state index < -0.39 is 20.7 Å². The minimum absolute atomic E-state index is 0.222. The van der Waals surface area contributed by atoms with Crippen molar-refractivity contribution in [3.63, 3.8) is 0 Å². The van der Waals surface area contributed by atoms with Crippen LogP contribution in [0, 0.1) is 5.82 Å². The molecule has 2 aromatic carbocycles. The van der Waals surface area contributed by atoms with Crippen molar-refractivity contribution >= 4 is 27.3 Å². The van der Waals surface area contributed by atoms with E-state index in [2.05, 4.69) is 15.0 Å². The summed E-state index contributed by atoms with van der Waals surface area (Å²) < 4.78 is 47.4. The number of amides is 1.